The first-order valence-corrected chi connectivity index (χ1v) is 6.92. The van der Waals surface area contributed by atoms with Crippen LogP contribution in [-0.4, -0.2) is 13.1 Å². The highest BCUT2D eigenvalue weighted by atomic mass is 35.5. The summed E-state index contributed by atoms with van der Waals surface area (Å²) in [6, 6.07) is 8.50. The second-order valence-corrected chi connectivity index (χ2v) is 5.91. The minimum absolute atomic E-state index is 0.748. The standard InChI is InChI=1S/C13H14ClNS/c14-11-1-2-12-10(7-11)8-13(16-12)9-3-5-15-6-4-9/h1-2,7-9,15H,3-6H2. The first-order valence-electron chi connectivity index (χ1n) is 5.72. The molecule has 0 amide bonds. The third-order valence-corrected chi connectivity index (χ3v) is 4.75. The Labute approximate surface area is 104 Å². The maximum atomic E-state index is 6.01. The van der Waals surface area contributed by atoms with Gasteiger partial charge < -0.3 is 5.32 Å². The molecule has 1 aromatic heterocycles. The lowest BCUT2D eigenvalue weighted by Gasteiger charge is -2.21. The Morgan fingerprint density at radius 3 is 2.81 bits per heavy atom. The molecule has 0 unspecified atom stereocenters. The smallest absolute Gasteiger partial charge is 0.0412 e. The third-order valence-electron chi connectivity index (χ3n) is 3.24. The number of nitrogens with one attached hydrogen (secondary N) is 1. The van der Waals surface area contributed by atoms with Crippen molar-refractivity contribution in [3.63, 3.8) is 0 Å². The highest BCUT2D eigenvalue weighted by Gasteiger charge is 2.17. The monoisotopic (exact) mass is 251 g/mol. The predicted molar refractivity (Wildman–Crippen MR) is 71.7 cm³/mol. The lowest BCUT2D eigenvalue weighted by molar-refractivity contribution is 0.465. The average molecular weight is 252 g/mol. The Balaban J connectivity index is 1.97. The molecule has 0 bridgehead atoms. The van der Waals surface area contributed by atoms with Crippen molar-refractivity contribution in [1.82, 2.24) is 5.32 Å². The lowest BCUT2D eigenvalue weighted by atomic mass is 9.96. The molecule has 1 fully saturated rings. The normalized spacial score (nSPS) is 18.1. The van der Waals surface area contributed by atoms with E-state index in [2.05, 4.69) is 23.5 Å². The van der Waals surface area contributed by atoms with Gasteiger partial charge in [0.05, 0.1) is 0 Å². The van der Waals surface area contributed by atoms with Crippen molar-refractivity contribution in [1.29, 1.82) is 0 Å². The Bertz CT molecular complexity index is 500. The van der Waals surface area contributed by atoms with Crippen molar-refractivity contribution >= 4 is 33.0 Å². The van der Waals surface area contributed by atoms with E-state index in [1.54, 1.807) is 0 Å². The van der Waals surface area contributed by atoms with Gasteiger partial charge in [-0.3, -0.25) is 0 Å². The Kier molecular flexibility index (Phi) is 2.88. The molecule has 16 heavy (non-hydrogen) atoms. The third kappa shape index (κ3) is 1.97. The van der Waals surface area contributed by atoms with Crippen LogP contribution in [0.3, 0.4) is 0 Å². The second-order valence-electron chi connectivity index (χ2n) is 4.36. The number of benzene rings is 1. The van der Waals surface area contributed by atoms with Crippen molar-refractivity contribution in [3.8, 4) is 0 Å². The number of halogens is 1. The van der Waals surface area contributed by atoms with Crippen molar-refractivity contribution in [2.24, 2.45) is 0 Å². The molecule has 2 heterocycles. The van der Waals surface area contributed by atoms with Crippen LogP contribution in [0.15, 0.2) is 24.3 Å². The zero-order chi connectivity index (χ0) is 11.0. The molecular weight excluding hydrogens is 238 g/mol. The van der Waals surface area contributed by atoms with Gasteiger partial charge in [-0.2, -0.15) is 0 Å². The van der Waals surface area contributed by atoms with Gasteiger partial charge in [0.15, 0.2) is 0 Å². The Morgan fingerprint density at radius 1 is 1.19 bits per heavy atom. The largest absolute Gasteiger partial charge is 0.317 e. The summed E-state index contributed by atoms with van der Waals surface area (Å²) in [7, 11) is 0. The molecule has 0 saturated carbocycles. The molecule has 1 aromatic carbocycles. The summed E-state index contributed by atoms with van der Waals surface area (Å²) in [5, 5.41) is 5.54. The van der Waals surface area contributed by atoms with Gasteiger partial charge in [-0.15, -0.1) is 11.3 Å². The molecule has 1 aliphatic heterocycles. The van der Waals surface area contributed by atoms with Crippen LogP contribution in [0, 0.1) is 0 Å². The van der Waals surface area contributed by atoms with Gasteiger partial charge in [-0.1, -0.05) is 11.6 Å². The molecule has 1 saturated heterocycles. The van der Waals surface area contributed by atoms with Crippen molar-refractivity contribution in [3.05, 3.63) is 34.2 Å². The number of hydrogen-bond donors (Lipinski definition) is 1. The van der Waals surface area contributed by atoms with Crippen LogP contribution in [0.1, 0.15) is 23.6 Å². The van der Waals surface area contributed by atoms with Crippen LogP contribution in [0.25, 0.3) is 10.1 Å². The summed E-state index contributed by atoms with van der Waals surface area (Å²) in [4.78, 5) is 1.53. The molecule has 1 nitrogen and oxygen atoms in total. The fourth-order valence-electron chi connectivity index (χ4n) is 2.34. The van der Waals surface area contributed by atoms with Crippen LogP contribution >= 0.6 is 22.9 Å². The van der Waals surface area contributed by atoms with Gasteiger partial charge >= 0.3 is 0 Å². The van der Waals surface area contributed by atoms with Crippen LogP contribution in [0.4, 0.5) is 0 Å². The lowest BCUT2D eigenvalue weighted by Crippen LogP contribution is -2.26. The maximum Gasteiger partial charge on any atom is 0.0412 e. The summed E-state index contributed by atoms with van der Waals surface area (Å²) >= 11 is 7.93. The van der Waals surface area contributed by atoms with Crippen LogP contribution < -0.4 is 5.32 Å². The highest BCUT2D eigenvalue weighted by molar-refractivity contribution is 7.19. The topological polar surface area (TPSA) is 12.0 Å². The molecule has 1 N–H and O–H groups in total. The molecule has 3 rings (SSSR count). The van der Waals surface area contributed by atoms with E-state index in [1.165, 1.54) is 27.8 Å². The van der Waals surface area contributed by atoms with Gasteiger partial charge in [-0.05, 0) is 61.5 Å². The fourth-order valence-corrected chi connectivity index (χ4v) is 3.74. The fraction of sp³-hybridized carbons (Fsp3) is 0.385. The van der Waals surface area contributed by atoms with E-state index in [1.807, 2.05) is 17.4 Å². The van der Waals surface area contributed by atoms with E-state index >= 15 is 0 Å². The van der Waals surface area contributed by atoms with Gasteiger partial charge in [-0.25, -0.2) is 0 Å². The molecule has 0 atom stereocenters. The summed E-state index contributed by atoms with van der Waals surface area (Å²) in [5.41, 5.74) is 0. The molecule has 0 aliphatic carbocycles. The first kappa shape index (κ1) is 10.6. The molecule has 84 valence electrons. The van der Waals surface area contributed by atoms with E-state index in [9.17, 15) is 0 Å². The van der Waals surface area contributed by atoms with E-state index in [0.29, 0.717) is 0 Å². The SMILES string of the molecule is Clc1ccc2sc(C3CCNCC3)cc2c1. The van der Waals surface area contributed by atoms with Crippen molar-refractivity contribution in [2.75, 3.05) is 13.1 Å². The number of hydrogen-bond acceptors (Lipinski definition) is 2. The van der Waals surface area contributed by atoms with E-state index < -0.39 is 0 Å². The quantitative estimate of drug-likeness (QED) is 0.807. The van der Waals surface area contributed by atoms with Gasteiger partial charge in [0, 0.05) is 14.6 Å². The molecule has 2 aromatic rings. The maximum absolute atomic E-state index is 6.01. The second kappa shape index (κ2) is 4.36. The number of fused-ring (bicyclic) bond motifs is 1. The van der Waals surface area contributed by atoms with Gasteiger partial charge in [0.2, 0.25) is 0 Å². The van der Waals surface area contributed by atoms with Crippen LogP contribution in [0.5, 0.6) is 0 Å². The minimum Gasteiger partial charge on any atom is -0.317 e. The summed E-state index contributed by atoms with van der Waals surface area (Å²) < 4.78 is 1.36. The van der Waals surface area contributed by atoms with Crippen molar-refractivity contribution < 1.29 is 0 Å². The summed E-state index contributed by atoms with van der Waals surface area (Å²) in [6.07, 6.45) is 2.53. The molecule has 3 heteroatoms. The Hall–Kier alpha value is -0.570. The average Bonchev–Trinajstić information content (AvgIpc) is 2.73. The van der Waals surface area contributed by atoms with Crippen LogP contribution in [-0.2, 0) is 0 Å². The summed E-state index contributed by atoms with van der Waals surface area (Å²) in [6.45, 7) is 2.30. The minimum atomic E-state index is 0.748. The zero-order valence-corrected chi connectivity index (χ0v) is 10.6. The molecule has 0 radical (unpaired) electrons. The predicted octanol–water partition coefficient (Wildman–Crippen LogP) is 4.02. The zero-order valence-electron chi connectivity index (χ0n) is 9.00. The van der Waals surface area contributed by atoms with E-state index in [0.717, 1.165) is 24.0 Å². The summed E-state index contributed by atoms with van der Waals surface area (Å²) in [5.74, 6) is 0.748. The molecular formula is C13H14ClNS. The number of piperidine rings is 1. The van der Waals surface area contributed by atoms with Gasteiger partial charge in [0.1, 0.15) is 0 Å². The van der Waals surface area contributed by atoms with Crippen LogP contribution in [0.2, 0.25) is 5.02 Å². The first-order chi connectivity index (χ1) is 7.83. The number of rotatable bonds is 1. The molecule has 1 aliphatic rings. The van der Waals surface area contributed by atoms with Gasteiger partial charge in [0.25, 0.3) is 0 Å². The van der Waals surface area contributed by atoms with E-state index in [4.69, 9.17) is 11.6 Å². The highest BCUT2D eigenvalue weighted by Crippen LogP contribution is 2.35. The Morgan fingerprint density at radius 2 is 2.00 bits per heavy atom. The number of thiophene rings is 1. The molecule has 0 spiro atoms. The van der Waals surface area contributed by atoms with Crippen molar-refractivity contribution in [2.45, 2.75) is 18.8 Å². The van der Waals surface area contributed by atoms with E-state index in [-0.39, 0.29) is 0 Å².